The SMILES string of the molecule is Cc1ccc(C(C)(C)C)cc1C(N)C1CNC1. The Labute approximate surface area is 105 Å². The Morgan fingerprint density at radius 2 is 1.94 bits per heavy atom. The summed E-state index contributed by atoms with van der Waals surface area (Å²) in [4.78, 5) is 0. The third-order valence-corrected chi connectivity index (χ3v) is 3.83. The van der Waals surface area contributed by atoms with Crippen LogP contribution in [0, 0.1) is 12.8 Å². The molecule has 0 spiro atoms. The number of aryl methyl sites for hydroxylation is 1. The van der Waals surface area contributed by atoms with E-state index < -0.39 is 0 Å². The lowest BCUT2D eigenvalue weighted by Gasteiger charge is -2.34. The second-order valence-electron chi connectivity index (χ2n) is 6.27. The first kappa shape index (κ1) is 12.6. The molecule has 1 aromatic carbocycles. The van der Waals surface area contributed by atoms with E-state index in [1.54, 1.807) is 0 Å². The highest BCUT2D eigenvalue weighted by Crippen LogP contribution is 2.30. The lowest BCUT2D eigenvalue weighted by atomic mass is 9.81. The third kappa shape index (κ3) is 2.53. The smallest absolute Gasteiger partial charge is 0.0350 e. The van der Waals surface area contributed by atoms with Crippen LogP contribution in [0.15, 0.2) is 18.2 Å². The average Bonchev–Trinajstić information content (AvgIpc) is 2.13. The minimum atomic E-state index is 0.179. The van der Waals surface area contributed by atoms with Crippen molar-refractivity contribution in [1.29, 1.82) is 0 Å². The zero-order valence-corrected chi connectivity index (χ0v) is 11.4. The Bertz CT molecular complexity index is 400. The van der Waals surface area contributed by atoms with Crippen LogP contribution in [0.5, 0.6) is 0 Å². The highest BCUT2D eigenvalue weighted by molar-refractivity contribution is 5.37. The van der Waals surface area contributed by atoms with Crippen LogP contribution in [0.3, 0.4) is 0 Å². The molecular formula is C15H24N2. The van der Waals surface area contributed by atoms with E-state index in [9.17, 15) is 0 Å². The summed E-state index contributed by atoms with van der Waals surface area (Å²) in [7, 11) is 0. The first-order valence-electron chi connectivity index (χ1n) is 6.47. The van der Waals surface area contributed by atoms with Gasteiger partial charge in [0.1, 0.15) is 0 Å². The van der Waals surface area contributed by atoms with E-state index in [4.69, 9.17) is 5.73 Å². The molecule has 1 unspecified atom stereocenters. The Hall–Kier alpha value is -0.860. The van der Waals surface area contributed by atoms with E-state index >= 15 is 0 Å². The summed E-state index contributed by atoms with van der Waals surface area (Å²) in [6, 6.07) is 6.92. The molecule has 1 aromatic rings. The van der Waals surface area contributed by atoms with Crippen molar-refractivity contribution in [3.05, 3.63) is 34.9 Å². The van der Waals surface area contributed by atoms with Crippen LogP contribution in [0.1, 0.15) is 43.5 Å². The normalized spacial score (nSPS) is 18.9. The number of benzene rings is 1. The van der Waals surface area contributed by atoms with Gasteiger partial charge < -0.3 is 11.1 Å². The Balaban J connectivity index is 2.31. The summed E-state index contributed by atoms with van der Waals surface area (Å²) in [5, 5.41) is 3.30. The molecule has 1 heterocycles. The lowest BCUT2D eigenvalue weighted by molar-refractivity contribution is 0.294. The monoisotopic (exact) mass is 232 g/mol. The first-order chi connectivity index (χ1) is 7.89. The zero-order chi connectivity index (χ0) is 12.6. The van der Waals surface area contributed by atoms with Crippen molar-refractivity contribution >= 4 is 0 Å². The van der Waals surface area contributed by atoms with Crippen LogP contribution in [0.25, 0.3) is 0 Å². The molecule has 1 saturated heterocycles. The number of nitrogens with two attached hydrogens (primary N) is 1. The van der Waals surface area contributed by atoms with Gasteiger partial charge in [0.05, 0.1) is 0 Å². The molecule has 0 radical (unpaired) electrons. The minimum absolute atomic E-state index is 0.179. The third-order valence-electron chi connectivity index (χ3n) is 3.83. The topological polar surface area (TPSA) is 38.0 Å². The zero-order valence-electron chi connectivity index (χ0n) is 11.4. The number of hydrogen-bond acceptors (Lipinski definition) is 2. The standard InChI is InChI=1S/C15H24N2/c1-10-5-6-12(15(2,3)4)7-13(10)14(16)11-8-17-9-11/h5-7,11,14,17H,8-9,16H2,1-4H3. The van der Waals surface area contributed by atoms with Gasteiger partial charge in [0.15, 0.2) is 0 Å². The molecule has 1 fully saturated rings. The van der Waals surface area contributed by atoms with Crippen LogP contribution < -0.4 is 11.1 Å². The Morgan fingerprint density at radius 1 is 1.29 bits per heavy atom. The molecule has 1 atom stereocenters. The highest BCUT2D eigenvalue weighted by atomic mass is 15.0. The Kier molecular flexibility index (Phi) is 3.28. The molecule has 3 N–H and O–H groups in total. The van der Waals surface area contributed by atoms with Gasteiger partial charge in [-0.3, -0.25) is 0 Å². The average molecular weight is 232 g/mol. The fraction of sp³-hybridized carbons (Fsp3) is 0.600. The maximum atomic E-state index is 6.37. The molecule has 1 aliphatic rings. The summed E-state index contributed by atoms with van der Waals surface area (Å²) in [5.74, 6) is 0.601. The molecule has 0 bridgehead atoms. The molecule has 1 aliphatic heterocycles. The predicted octanol–water partition coefficient (Wildman–Crippen LogP) is 2.51. The van der Waals surface area contributed by atoms with Gasteiger partial charge in [0.25, 0.3) is 0 Å². The van der Waals surface area contributed by atoms with Crippen molar-refractivity contribution in [2.45, 2.75) is 39.2 Å². The Morgan fingerprint density at radius 3 is 2.41 bits per heavy atom. The van der Waals surface area contributed by atoms with Gasteiger partial charge >= 0.3 is 0 Å². The molecule has 0 amide bonds. The highest BCUT2D eigenvalue weighted by Gasteiger charge is 2.27. The van der Waals surface area contributed by atoms with Crippen LogP contribution in [0.2, 0.25) is 0 Å². The van der Waals surface area contributed by atoms with E-state index in [1.165, 1.54) is 16.7 Å². The number of hydrogen-bond donors (Lipinski definition) is 2. The van der Waals surface area contributed by atoms with Gasteiger partial charge in [-0.15, -0.1) is 0 Å². The summed E-state index contributed by atoms with van der Waals surface area (Å²) in [5.41, 5.74) is 10.6. The first-order valence-corrected chi connectivity index (χ1v) is 6.47. The van der Waals surface area contributed by atoms with E-state index in [2.05, 4.69) is 51.2 Å². The van der Waals surface area contributed by atoms with Crippen LogP contribution >= 0.6 is 0 Å². The predicted molar refractivity (Wildman–Crippen MR) is 73.2 cm³/mol. The maximum Gasteiger partial charge on any atom is 0.0350 e. The van der Waals surface area contributed by atoms with Crippen molar-refractivity contribution in [2.24, 2.45) is 11.7 Å². The fourth-order valence-electron chi connectivity index (χ4n) is 2.28. The number of nitrogens with one attached hydrogen (secondary N) is 1. The van der Waals surface area contributed by atoms with E-state index in [0.717, 1.165) is 13.1 Å². The van der Waals surface area contributed by atoms with Gasteiger partial charge in [0.2, 0.25) is 0 Å². The second-order valence-corrected chi connectivity index (χ2v) is 6.27. The summed E-state index contributed by atoms with van der Waals surface area (Å²) in [6.45, 7) is 11.0. The minimum Gasteiger partial charge on any atom is -0.324 e. The van der Waals surface area contributed by atoms with Gasteiger partial charge in [-0.05, 0) is 29.0 Å². The maximum absolute atomic E-state index is 6.37. The molecule has 2 rings (SSSR count). The summed E-state index contributed by atoms with van der Waals surface area (Å²) in [6.07, 6.45) is 0. The molecule has 17 heavy (non-hydrogen) atoms. The van der Waals surface area contributed by atoms with Crippen LogP contribution in [-0.2, 0) is 5.41 Å². The molecule has 2 heteroatoms. The van der Waals surface area contributed by atoms with Crippen molar-refractivity contribution in [3.63, 3.8) is 0 Å². The van der Waals surface area contributed by atoms with Crippen molar-refractivity contribution in [3.8, 4) is 0 Å². The molecule has 94 valence electrons. The van der Waals surface area contributed by atoms with Crippen molar-refractivity contribution < 1.29 is 0 Å². The summed E-state index contributed by atoms with van der Waals surface area (Å²) < 4.78 is 0. The van der Waals surface area contributed by atoms with E-state index in [-0.39, 0.29) is 11.5 Å². The molecule has 0 aliphatic carbocycles. The van der Waals surface area contributed by atoms with E-state index in [1.807, 2.05) is 0 Å². The van der Waals surface area contributed by atoms with Crippen LogP contribution in [-0.4, -0.2) is 13.1 Å². The van der Waals surface area contributed by atoms with E-state index in [0.29, 0.717) is 5.92 Å². The van der Waals surface area contributed by atoms with Crippen molar-refractivity contribution in [2.75, 3.05) is 13.1 Å². The largest absolute Gasteiger partial charge is 0.324 e. The molecule has 0 saturated carbocycles. The van der Waals surface area contributed by atoms with Gasteiger partial charge in [0, 0.05) is 25.0 Å². The number of rotatable bonds is 2. The van der Waals surface area contributed by atoms with Gasteiger partial charge in [-0.2, -0.15) is 0 Å². The van der Waals surface area contributed by atoms with Crippen LogP contribution in [0.4, 0.5) is 0 Å². The summed E-state index contributed by atoms with van der Waals surface area (Å²) >= 11 is 0. The lowest BCUT2D eigenvalue weighted by Crippen LogP contribution is -2.47. The second kappa shape index (κ2) is 4.43. The molecule has 2 nitrogen and oxygen atoms in total. The van der Waals surface area contributed by atoms with Gasteiger partial charge in [-0.1, -0.05) is 39.0 Å². The van der Waals surface area contributed by atoms with Crippen molar-refractivity contribution in [1.82, 2.24) is 5.32 Å². The fourth-order valence-corrected chi connectivity index (χ4v) is 2.28. The quantitative estimate of drug-likeness (QED) is 0.822. The van der Waals surface area contributed by atoms with Gasteiger partial charge in [-0.25, -0.2) is 0 Å². The molecule has 0 aromatic heterocycles. The molecular weight excluding hydrogens is 208 g/mol.